The monoisotopic (exact) mass is 422 g/mol. The minimum Gasteiger partial charge on any atom is -0.455 e. The Morgan fingerprint density at radius 3 is 2.24 bits per heavy atom. The van der Waals surface area contributed by atoms with E-state index in [1.165, 1.54) is 22.0 Å². The van der Waals surface area contributed by atoms with Crippen LogP contribution in [0.2, 0.25) is 0 Å². The van der Waals surface area contributed by atoms with Gasteiger partial charge in [0.1, 0.15) is 11.4 Å². The first-order valence-corrected chi connectivity index (χ1v) is 11.2. The largest absolute Gasteiger partial charge is 0.455 e. The summed E-state index contributed by atoms with van der Waals surface area (Å²) in [6, 6.07) is 34.0. The van der Waals surface area contributed by atoms with E-state index in [0.29, 0.717) is 0 Å². The van der Waals surface area contributed by atoms with Crippen LogP contribution in [-0.4, -0.2) is 16.7 Å². The third-order valence-corrected chi connectivity index (χ3v) is 7.02. The molecule has 0 bridgehead atoms. The first-order valence-electron chi connectivity index (χ1n) is 11.2. The maximum Gasteiger partial charge on any atom is 0.242 e. The summed E-state index contributed by atoms with van der Waals surface area (Å²) >= 11 is 0. The van der Waals surface area contributed by atoms with Gasteiger partial charge in [0.25, 0.3) is 0 Å². The molecule has 3 nitrogen and oxygen atoms in total. The number of rotatable bonds is 1. The highest BCUT2D eigenvalue weighted by molar-refractivity contribution is 6.96. The second-order valence-corrected chi connectivity index (χ2v) is 8.59. The van der Waals surface area contributed by atoms with Gasteiger partial charge in [0.15, 0.2) is 5.75 Å². The van der Waals surface area contributed by atoms with Crippen molar-refractivity contribution in [1.29, 1.82) is 0 Å². The Balaban J connectivity index is 1.67. The molecule has 3 aromatic carbocycles. The van der Waals surface area contributed by atoms with E-state index >= 15 is 0 Å². The zero-order valence-electron chi connectivity index (χ0n) is 17.8. The normalized spacial score (nSPS) is 17.4. The van der Waals surface area contributed by atoms with E-state index in [-0.39, 0.29) is 6.71 Å². The van der Waals surface area contributed by atoms with Crippen molar-refractivity contribution in [2.45, 2.75) is 5.41 Å². The van der Waals surface area contributed by atoms with E-state index in [9.17, 15) is 0 Å². The van der Waals surface area contributed by atoms with Crippen LogP contribution in [0.5, 0.6) is 11.5 Å². The molecule has 2 aliphatic heterocycles. The number of benzene rings is 3. The van der Waals surface area contributed by atoms with Gasteiger partial charge in [-0.1, -0.05) is 89.2 Å². The highest BCUT2D eigenvalue weighted by Gasteiger charge is 2.53. The number of aromatic nitrogens is 2. The van der Waals surface area contributed by atoms with Crippen molar-refractivity contribution in [3.63, 3.8) is 0 Å². The summed E-state index contributed by atoms with van der Waals surface area (Å²) in [7, 11) is 0. The molecule has 0 fully saturated rings. The van der Waals surface area contributed by atoms with Crippen LogP contribution in [0.15, 0.2) is 116 Å². The van der Waals surface area contributed by atoms with E-state index < -0.39 is 5.41 Å². The van der Waals surface area contributed by atoms with Crippen LogP contribution in [-0.2, 0) is 5.41 Å². The molecule has 2 aliphatic rings. The van der Waals surface area contributed by atoms with Gasteiger partial charge in [0.05, 0.1) is 5.41 Å². The molecule has 0 amide bonds. The lowest BCUT2D eigenvalue weighted by molar-refractivity contribution is 0.427. The van der Waals surface area contributed by atoms with E-state index in [0.717, 1.165) is 28.3 Å². The number of para-hydroxylation sites is 1. The number of hydrogen-bond donors (Lipinski definition) is 0. The van der Waals surface area contributed by atoms with Crippen LogP contribution in [0.4, 0.5) is 0 Å². The second kappa shape index (κ2) is 6.91. The van der Waals surface area contributed by atoms with Crippen molar-refractivity contribution in [2.75, 3.05) is 0 Å². The van der Waals surface area contributed by atoms with Gasteiger partial charge in [-0.2, -0.15) is 0 Å². The fourth-order valence-electron chi connectivity index (χ4n) is 5.79. The first kappa shape index (κ1) is 18.4. The molecular weight excluding hydrogens is 403 g/mol. The van der Waals surface area contributed by atoms with E-state index in [4.69, 9.17) is 9.72 Å². The summed E-state index contributed by atoms with van der Waals surface area (Å²) in [5, 5.41) is 0. The van der Waals surface area contributed by atoms with E-state index in [1.807, 2.05) is 36.8 Å². The van der Waals surface area contributed by atoms with Gasteiger partial charge in [-0.05, 0) is 35.4 Å². The molecule has 2 aromatic heterocycles. The number of ether oxygens (including phenoxy) is 1. The van der Waals surface area contributed by atoms with Crippen LogP contribution in [0.1, 0.15) is 22.4 Å². The molecule has 4 heteroatoms. The molecule has 0 saturated heterocycles. The molecular formula is C29H19BN2O. The van der Waals surface area contributed by atoms with Crippen molar-refractivity contribution < 1.29 is 4.74 Å². The molecule has 154 valence electrons. The maximum absolute atomic E-state index is 6.36. The molecule has 0 N–H and O–H groups in total. The number of nitrogens with zero attached hydrogens (tertiary/aromatic N) is 2. The predicted molar refractivity (Wildman–Crippen MR) is 132 cm³/mol. The van der Waals surface area contributed by atoms with Crippen molar-refractivity contribution in [1.82, 2.24) is 9.97 Å². The molecule has 4 heterocycles. The Hall–Kier alpha value is -4.18. The summed E-state index contributed by atoms with van der Waals surface area (Å²) in [5.74, 6) is 1.65. The summed E-state index contributed by atoms with van der Waals surface area (Å²) in [6.45, 7) is 0.119. The quantitative estimate of drug-likeness (QED) is 0.378. The average Bonchev–Trinajstić information content (AvgIpc) is 2.89. The zero-order chi connectivity index (χ0) is 21.8. The van der Waals surface area contributed by atoms with Crippen molar-refractivity contribution in [3.05, 3.63) is 138 Å². The van der Waals surface area contributed by atoms with Crippen LogP contribution in [0.25, 0.3) is 0 Å². The Morgan fingerprint density at radius 2 is 1.33 bits per heavy atom. The molecule has 7 rings (SSSR count). The standard InChI is InChI=1S/C29H19BN2O/c1-2-9-20(10-3-1)30-24-13-6-4-11-21(24)29(23-19-31-18-16-25(23)30)22-12-5-7-14-26(22)33-27-15-8-17-32-28(27)29/h1-19H. The Kier molecular flexibility index (Phi) is 3.85. The van der Waals surface area contributed by atoms with Gasteiger partial charge in [0, 0.05) is 24.2 Å². The van der Waals surface area contributed by atoms with Crippen molar-refractivity contribution in [2.24, 2.45) is 0 Å². The van der Waals surface area contributed by atoms with Crippen molar-refractivity contribution in [3.8, 4) is 11.5 Å². The highest BCUT2D eigenvalue weighted by Crippen LogP contribution is 2.54. The molecule has 0 radical (unpaired) electrons. The van der Waals surface area contributed by atoms with Crippen LogP contribution in [0.3, 0.4) is 0 Å². The van der Waals surface area contributed by atoms with Gasteiger partial charge >= 0.3 is 0 Å². The summed E-state index contributed by atoms with van der Waals surface area (Å²) in [4.78, 5) is 9.56. The molecule has 1 atom stereocenters. The Morgan fingerprint density at radius 1 is 0.606 bits per heavy atom. The second-order valence-electron chi connectivity index (χ2n) is 8.59. The molecule has 0 saturated carbocycles. The fourth-order valence-corrected chi connectivity index (χ4v) is 5.79. The lowest BCUT2D eigenvalue weighted by Crippen LogP contribution is -2.62. The molecule has 33 heavy (non-hydrogen) atoms. The average molecular weight is 422 g/mol. The van der Waals surface area contributed by atoms with Crippen molar-refractivity contribution >= 4 is 23.1 Å². The molecule has 0 aliphatic carbocycles. The summed E-state index contributed by atoms with van der Waals surface area (Å²) < 4.78 is 6.36. The van der Waals surface area contributed by atoms with Gasteiger partial charge in [-0.3, -0.25) is 9.97 Å². The Bertz CT molecular complexity index is 1420. The first-order chi connectivity index (χ1) is 16.4. The van der Waals surface area contributed by atoms with E-state index in [2.05, 4.69) is 83.8 Å². The number of hydrogen-bond acceptors (Lipinski definition) is 3. The minimum absolute atomic E-state index is 0.119. The minimum atomic E-state index is -0.600. The van der Waals surface area contributed by atoms with E-state index in [1.54, 1.807) is 0 Å². The zero-order valence-corrected chi connectivity index (χ0v) is 17.8. The lowest BCUT2D eigenvalue weighted by Gasteiger charge is -2.45. The fraction of sp³-hybridized carbons (Fsp3) is 0.0345. The number of fused-ring (bicyclic) bond motifs is 8. The molecule has 1 spiro atoms. The third-order valence-electron chi connectivity index (χ3n) is 7.02. The smallest absolute Gasteiger partial charge is 0.242 e. The predicted octanol–water partition coefficient (Wildman–Crippen LogP) is 3.79. The van der Waals surface area contributed by atoms with Gasteiger partial charge in [-0.15, -0.1) is 0 Å². The molecule has 5 aromatic rings. The highest BCUT2D eigenvalue weighted by atomic mass is 16.5. The summed E-state index contributed by atoms with van der Waals surface area (Å²) in [6.07, 6.45) is 5.79. The van der Waals surface area contributed by atoms with Crippen LogP contribution >= 0.6 is 0 Å². The van der Waals surface area contributed by atoms with Gasteiger partial charge < -0.3 is 4.74 Å². The van der Waals surface area contributed by atoms with Gasteiger partial charge in [0.2, 0.25) is 6.71 Å². The molecule has 1 unspecified atom stereocenters. The Labute approximate surface area is 192 Å². The third kappa shape index (κ3) is 2.41. The van der Waals surface area contributed by atoms with Crippen LogP contribution in [0, 0.1) is 0 Å². The topological polar surface area (TPSA) is 35.0 Å². The SMILES string of the molecule is c1ccc(B2c3ccccc3C3(c4ccccc4Oc4cccnc43)c3cnccc32)cc1. The lowest BCUT2D eigenvalue weighted by atomic mass is 9.31. The summed E-state index contributed by atoms with van der Waals surface area (Å²) in [5.41, 5.74) is 7.62. The maximum atomic E-state index is 6.36. The van der Waals surface area contributed by atoms with Gasteiger partial charge in [-0.25, -0.2) is 0 Å². The number of pyridine rings is 2. The van der Waals surface area contributed by atoms with Crippen LogP contribution < -0.4 is 21.1 Å².